The molecule has 7 nitrogen and oxygen atoms in total. The van der Waals surface area contributed by atoms with Crippen LogP contribution in [0.3, 0.4) is 0 Å². The maximum Gasteiger partial charge on any atom is 0.168 e. The first-order valence-electron chi connectivity index (χ1n) is 6.57. The first kappa shape index (κ1) is 14.5. The Morgan fingerprint density at radius 1 is 1.53 bits per heavy atom. The third-order valence-electron chi connectivity index (χ3n) is 3.37. The molecule has 1 N–H and O–H groups in total. The number of nitrogens with zero attached hydrogens (tertiary/aromatic N) is 4. The second kappa shape index (κ2) is 7.06. The monoisotopic (exact) mass is 287 g/mol. The number of aromatic nitrogens is 4. The van der Waals surface area contributed by atoms with E-state index in [2.05, 4.69) is 20.8 Å². The lowest BCUT2D eigenvalue weighted by molar-refractivity contribution is 0.195. The average molecular weight is 287 g/mol. The van der Waals surface area contributed by atoms with Crippen molar-refractivity contribution in [3.8, 4) is 0 Å². The first-order valence-corrected chi connectivity index (χ1v) is 8.06. The highest BCUT2D eigenvalue weighted by molar-refractivity contribution is 7.85. The predicted octanol–water partition coefficient (Wildman–Crippen LogP) is 0.0537. The van der Waals surface area contributed by atoms with Crippen LogP contribution in [-0.2, 0) is 15.5 Å². The van der Waals surface area contributed by atoms with Crippen LogP contribution in [-0.4, -0.2) is 56.2 Å². The molecule has 1 fully saturated rings. The Balaban J connectivity index is 1.98. The first-order chi connectivity index (χ1) is 9.22. The van der Waals surface area contributed by atoms with Crippen molar-refractivity contribution in [3.05, 3.63) is 5.82 Å². The minimum absolute atomic E-state index is 0.0811. The van der Waals surface area contributed by atoms with Gasteiger partial charge in [-0.05, 0) is 30.2 Å². The van der Waals surface area contributed by atoms with Crippen molar-refractivity contribution >= 4 is 10.8 Å². The standard InChI is InChI=1S/C11H21N5O2S/c1-9(12-5-6-18-2)11-13-14-15-16(11)10-3-7-19(17)8-4-10/h9-10,12H,3-8H2,1-2H3. The van der Waals surface area contributed by atoms with Crippen molar-refractivity contribution in [1.29, 1.82) is 0 Å². The fourth-order valence-electron chi connectivity index (χ4n) is 2.24. The number of nitrogens with one attached hydrogen (secondary N) is 1. The fourth-order valence-corrected chi connectivity index (χ4v) is 3.51. The van der Waals surface area contributed by atoms with Gasteiger partial charge < -0.3 is 10.1 Å². The van der Waals surface area contributed by atoms with Crippen molar-refractivity contribution < 1.29 is 8.95 Å². The van der Waals surface area contributed by atoms with Crippen molar-refractivity contribution in [3.63, 3.8) is 0 Å². The van der Waals surface area contributed by atoms with Gasteiger partial charge in [0.1, 0.15) is 0 Å². The van der Waals surface area contributed by atoms with Crippen molar-refractivity contribution in [2.24, 2.45) is 0 Å². The Labute approximate surface area is 115 Å². The molecule has 1 saturated heterocycles. The molecule has 2 heterocycles. The van der Waals surface area contributed by atoms with Crippen LogP contribution in [0.25, 0.3) is 0 Å². The van der Waals surface area contributed by atoms with Crippen LogP contribution >= 0.6 is 0 Å². The number of methoxy groups -OCH3 is 1. The maximum absolute atomic E-state index is 11.4. The summed E-state index contributed by atoms with van der Waals surface area (Å²) in [5.41, 5.74) is 0. The van der Waals surface area contributed by atoms with E-state index >= 15 is 0 Å². The number of ether oxygens (including phenoxy) is 1. The largest absolute Gasteiger partial charge is 0.383 e. The molecule has 0 aliphatic carbocycles. The van der Waals surface area contributed by atoms with Crippen molar-refractivity contribution in [2.45, 2.75) is 31.8 Å². The molecular weight excluding hydrogens is 266 g/mol. The van der Waals surface area contributed by atoms with Crippen LogP contribution in [0.2, 0.25) is 0 Å². The predicted molar refractivity (Wildman–Crippen MR) is 72.3 cm³/mol. The van der Waals surface area contributed by atoms with E-state index in [4.69, 9.17) is 4.74 Å². The van der Waals surface area contributed by atoms with Crippen LogP contribution in [0.15, 0.2) is 0 Å². The molecule has 0 bridgehead atoms. The van der Waals surface area contributed by atoms with Gasteiger partial charge in [0.2, 0.25) is 0 Å². The molecule has 19 heavy (non-hydrogen) atoms. The maximum atomic E-state index is 11.4. The Morgan fingerprint density at radius 2 is 2.26 bits per heavy atom. The third-order valence-corrected chi connectivity index (χ3v) is 4.75. The second-order valence-electron chi connectivity index (χ2n) is 4.73. The van der Waals surface area contributed by atoms with Gasteiger partial charge in [-0.1, -0.05) is 0 Å². The average Bonchev–Trinajstić information content (AvgIpc) is 2.89. The van der Waals surface area contributed by atoms with Gasteiger partial charge in [-0.15, -0.1) is 5.10 Å². The molecule has 0 radical (unpaired) electrons. The topological polar surface area (TPSA) is 81.9 Å². The summed E-state index contributed by atoms with van der Waals surface area (Å²) in [5.74, 6) is 2.33. The Hall–Kier alpha value is -0.860. The minimum atomic E-state index is -0.660. The lowest BCUT2D eigenvalue weighted by atomic mass is 10.1. The highest BCUT2D eigenvalue weighted by atomic mass is 32.2. The molecule has 0 spiro atoms. The van der Waals surface area contributed by atoms with E-state index in [-0.39, 0.29) is 12.1 Å². The smallest absolute Gasteiger partial charge is 0.168 e. The highest BCUT2D eigenvalue weighted by Crippen LogP contribution is 2.23. The SMILES string of the molecule is COCCNC(C)c1nnnn1C1CCS(=O)CC1. The van der Waals surface area contributed by atoms with Crippen LogP contribution in [0.1, 0.15) is 37.7 Å². The van der Waals surface area contributed by atoms with Crippen LogP contribution in [0.5, 0.6) is 0 Å². The van der Waals surface area contributed by atoms with Crippen molar-refractivity contribution in [1.82, 2.24) is 25.5 Å². The van der Waals surface area contributed by atoms with E-state index < -0.39 is 10.8 Å². The number of hydrogen-bond acceptors (Lipinski definition) is 6. The molecule has 0 amide bonds. The molecule has 1 aliphatic rings. The summed E-state index contributed by atoms with van der Waals surface area (Å²) < 4.78 is 18.3. The van der Waals surface area contributed by atoms with Gasteiger partial charge in [0.15, 0.2) is 5.82 Å². The van der Waals surface area contributed by atoms with Gasteiger partial charge in [0.25, 0.3) is 0 Å². The summed E-state index contributed by atoms with van der Waals surface area (Å²) >= 11 is 0. The Bertz CT molecular complexity index is 415. The van der Waals surface area contributed by atoms with Crippen LogP contribution in [0.4, 0.5) is 0 Å². The van der Waals surface area contributed by atoms with Gasteiger partial charge in [-0.3, -0.25) is 4.21 Å². The summed E-state index contributed by atoms with van der Waals surface area (Å²) in [4.78, 5) is 0. The Kier molecular flexibility index (Phi) is 5.41. The van der Waals surface area contributed by atoms with E-state index in [1.54, 1.807) is 7.11 Å². The zero-order chi connectivity index (χ0) is 13.7. The summed E-state index contributed by atoms with van der Waals surface area (Å²) in [5, 5.41) is 15.3. The molecule has 1 aliphatic heterocycles. The molecule has 1 atom stereocenters. The zero-order valence-corrected chi connectivity index (χ0v) is 12.2. The molecule has 8 heteroatoms. The Morgan fingerprint density at radius 3 is 2.95 bits per heavy atom. The highest BCUT2D eigenvalue weighted by Gasteiger charge is 2.24. The van der Waals surface area contributed by atoms with Gasteiger partial charge in [0, 0.05) is 36.0 Å². The van der Waals surface area contributed by atoms with Crippen LogP contribution in [0, 0.1) is 0 Å². The van der Waals surface area contributed by atoms with Crippen molar-refractivity contribution in [2.75, 3.05) is 31.8 Å². The molecule has 0 saturated carbocycles. The molecule has 1 unspecified atom stereocenters. The molecule has 1 aromatic rings. The van der Waals surface area contributed by atoms with Crippen LogP contribution < -0.4 is 5.32 Å². The lowest BCUT2D eigenvalue weighted by Gasteiger charge is -2.23. The number of hydrogen-bond donors (Lipinski definition) is 1. The molecule has 108 valence electrons. The molecule has 0 aromatic carbocycles. The minimum Gasteiger partial charge on any atom is -0.383 e. The van der Waals surface area contributed by atoms with Gasteiger partial charge in [0.05, 0.1) is 18.7 Å². The normalized spacial score (nSPS) is 25.4. The quantitative estimate of drug-likeness (QED) is 0.745. The van der Waals surface area contributed by atoms with E-state index in [1.807, 2.05) is 11.6 Å². The zero-order valence-electron chi connectivity index (χ0n) is 11.4. The van der Waals surface area contributed by atoms with E-state index in [1.165, 1.54) is 0 Å². The lowest BCUT2D eigenvalue weighted by Crippen LogP contribution is -2.29. The molecular formula is C11H21N5O2S. The summed E-state index contributed by atoms with van der Waals surface area (Å²) in [6.07, 6.45) is 1.77. The van der Waals surface area contributed by atoms with Gasteiger partial charge in [-0.2, -0.15) is 0 Å². The third kappa shape index (κ3) is 3.80. The number of rotatable bonds is 6. The summed E-state index contributed by atoms with van der Waals surface area (Å²) in [6.45, 7) is 3.46. The fraction of sp³-hybridized carbons (Fsp3) is 0.909. The van der Waals surface area contributed by atoms with E-state index in [0.717, 1.165) is 36.7 Å². The van der Waals surface area contributed by atoms with Gasteiger partial charge in [-0.25, -0.2) is 4.68 Å². The van der Waals surface area contributed by atoms with E-state index in [9.17, 15) is 4.21 Å². The second-order valence-corrected chi connectivity index (χ2v) is 6.43. The summed E-state index contributed by atoms with van der Waals surface area (Å²) in [6, 6.07) is 0.354. The van der Waals surface area contributed by atoms with Gasteiger partial charge >= 0.3 is 0 Å². The number of tetrazole rings is 1. The summed E-state index contributed by atoms with van der Waals surface area (Å²) in [7, 11) is 1.02. The molecule has 2 rings (SSSR count). The molecule has 1 aromatic heterocycles. The van der Waals surface area contributed by atoms with E-state index in [0.29, 0.717) is 6.61 Å².